The number of rotatable bonds is 2. The summed E-state index contributed by atoms with van der Waals surface area (Å²) in [5, 5.41) is 1.24. The van der Waals surface area contributed by atoms with Gasteiger partial charge in [0.1, 0.15) is 6.29 Å². The lowest BCUT2D eigenvalue weighted by molar-refractivity contribution is 0.112. The van der Waals surface area contributed by atoms with E-state index in [1.165, 1.54) is 16.5 Å². The molecule has 1 heterocycles. The van der Waals surface area contributed by atoms with E-state index in [2.05, 4.69) is 35.0 Å². The lowest BCUT2D eigenvalue weighted by Crippen LogP contribution is -1.85. The molecule has 2 nitrogen and oxygen atoms in total. The highest BCUT2D eigenvalue weighted by Gasteiger charge is 2.02. The Bertz CT molecular complexity index is 708. The molecule has 0 fully saturated rings. The molecular formula is C16H13NO. The van der Waals surface area contributed by atoms with Crippen molar-refractivity contribution in [2.45, 2.75) is 0 Å². The van der Waals surface area contributed by atoms with Gasteiger partial charge in [-0.3, -0.25) is 4.79 Å². The highest BCUT2D eigenvalue weighted by Crippen LogP contribution is 2.24. The number of hydrogen-bond donors (Lipinski definition) is 0. The molecule has 0 aliphatic heterocycles. The van der Waals surface area contributed by atoms with Crippen LogP contribution in [0.1, 0.15) is 10.4 Å². The van der Waals surface area contributed by atoms with Crippen molar-refractivity contribution >= 4 is 17.2 Å². The van der Waals surface area contributed by atoms with Gasteiger partial charge in [0.2, 0.25) is 0 Å². The largest absolute Gasteiger partial charge is 0.351 e. The van der Waals surface area contributed by atoms with Gasteiger partial charge in [0.25, 0.3) is 0 Å². The minimum absolute atomic E-state index is 0.707. The molecule has 0 unspecified atom stereocenters. The summed E-state index contributed by atoms with van der Waals surface area (Å²) in [5.74, 6) is 0. The number of aryl methyl sites for hydroxylation is 1. The van der Waals surface area contributed by atoms with E-state index in [4.69, 9.17) is 0 Å². The van der Waals surface area contributed by atoms with Gasteiger partial charge in [-0.25, -0.2) is 0 Å². The maximum absolute atomic E-state index is 10.6. The predicted molar refractivity (Wildman–Crippen MR) is 73.7 cm³/mol. The first kappa shape index (κ1) is 10.8. The number of benzene rings is 2. The van der Waals surface area contributed by atoms with Gasteiger partial charge in [-0.2, -0.15) is 0 Å². The third-order valence-electron chi connectivity index (χ3n) is 3.27. The monoisotopic (exact) mass is 235 g/mol. The number of nitrogens with zero attached hydrogens (tertiary/aromatic N) is 1. The Balaban J connectivity index is 2.12. The molecule has 0 bridgehead atoms. The topological polar surface area (TPSA) is 22.0 Å². The number of aldehydes is 1. The van der Waals surface area contributed by atoms with Gasteiger partial charge < -0.3 is 4.57 Å². The first-order valence-electron chi connectivity index (χ1n) is 5.88. The zero-order valence-corrected chi connectivity index (χ0v) is 10.1. The predicted octanol–water partition coefficient (Wildman–Crippen LogP) is 3.66. The molecule has 18 heavy (non-hydrogen) atoms. The van der Waals surface area contributed by atoms with Gasteiger partial charge in [0.05, 0.1) is 0 Å². The van der Waals surface area contributed by atoms with E-state index in [1.807, 2.05) is 31.3 Å². The summed E-state index contributed by atoms with van der Waals surface area (Å²) >= 11 is 0. The smallest absolute Gasteiger partial charge is 0.150 e. The lowest BCUT2D eigenvalue weighted by Gasteiger charge is -2.04. The summed E-state index contributed by atoms with van der Waals surface area (Å²) in [6.07, 6.45) is 2.92. The number of carbonyl (C=O) groups excluding carboxylic acids is 1. The molecule has 0 N–H and O–H groups in total. The molecule has 0 aliphatic rings. The number of hydrogen-bond acceptors (Lipinski definition) is 1. The van der Waals surface area contributed by atoms with Gasteiger partial charge >= 0.3 is 0 Å². The van der Waals surface area contributed by atoms with Gasteiger partial charge in [0, 0.05) is 24.3 Å². The van der Waals surface area contributed by atoms with Crippen LogP contribution in [-0.4, -0.2) is 10.9 Å². The second-order valence-electron chi connectivity index (χ2n) is 4.44. The van der Waals surface area contributed by atoms with Crippen molar-refractivity contribution in [3.63, 3.8) is 0 Å². The fourth-order valence-electron chi connectivity index (χ4n) is 2.20. The molecule has 0 aliphatic carbocycles. The van der Waals surface area contributed by atoms with Crippen molar-refractivity contribution in [3.05, 3.63) is 60.3 Å². The fourth-order valence-corrected chi connectivity index (χ4v) is 2.20. The van der Waals surface area contributed by atoms with Crippen LogP contribution in [0.2, 0.25) is 0 Å². The number of carbonyl (C=O) groups is 1. The van der Waals surface area contributed by atoms with Crippen molar-refractivity contribution in [1.29, 1.82) is 0 Å². The first-order valence-corrected chi connectivity index (χ1v) is 5.88. The van der Waals surface area contributed by atoms with E-state index in [0.717, 1.165) is 11.8 Å². The highest BCUT2D eigenvalue weighted by molar-refractivity contribution is 5.86. The van der Waals surface area contributed by atoms with E-state index in [0.29, 0.717) is 5.56 Å². The van der Waals surface area contributed by atoms with Crippen LogP contribution in [0.4, 0.5) is 0 Å². The summed E-state index contributed by atoms with van der Waals surface area (Å²) in [6, 6.07) is 16.2. The molecule has 88 valence electrons. The number of aromatic nitrogens is 1. The number of fused-ring (bicyclic) bond motifs is 1. The molecule has 0 atom stereocenters. The summed E-state index contributed by atoms with van der Waals surface area (Å²) in [6.45, 7) is 0. The Hall–Kier alpha value is -2.35. The normalized spacial score (nSPS) is 10.7. The van der Waals surface area contributed by atoms with Crippen molar-refractivity contribution in [2.75, 3.05) is 0 Å². The Kier molecular flexibility index (Phi) is 2.49. The average molecular weight is 235 g/mol. The van der Waals surface area contributed by atoms with Crippen LogP contribution in [-0.2, 0) is 7.05 Å². The molecule has 0 amide bonds. The highest BCUT2D eigenvalue weighted by atomic mass is 16.1. The Morgan fingerprint density at radius 2 is 1.67 bits per heavy atom. The Morgan fingerprint density at radius 3 is 2.39 bits per heavy atom. The Labute approximate surface area is 105 Å². The van der Waals surface area contributed by atoms with Gasteiger partial charge in [-0.05, 0) is 28.6 Å². The maximum atomic E-state index is 10.6. The van der Waals surface area contributed by atoms with Crippen molar-refractivity contribution in [1.82, 2.24) is 4.57 Å². The van der Waals surface area contributed by atoms with E-state index >= 15 is 0 Å². The molecule has 0 spiro atoms. The van der Waals surface area contributed by atoms with Crippen LogP contribution >= 0.6 is 0 Å². The second-order valence-corrected chi connectivity index (χ2v) is 4.44. The Morgan fingerprint density at radius 1 is 0.944 bits per heavy atom. The van der Waals surface area contributed by atoms with Crippen LogP contribution in [0.25, 0.3) is 22.0 Å². The average Bonchev–Trinajstić information content (AvgIpc) is 2.80. The third kappa shape index (κ3) is 1.72. The molecule has 0 saturated carbocycles. The maximum Gasteiger partial charge on any atom is 0.150 e. The van der Waals surface area contributed by atoms with Gasteiger partial charge in [-0.1, -0.05) is 36.4 Å². The molecule has 1 aromatic heterocycles. The molecule has 0 radical (unpaired) electrons. The van der Waals surface area contributed by atoms with Crippen LogP contribution in [0.15, 0.2) is 54.7 Å². The molecule has 3 rings (SSSR count). The molecule has 0 saturated heterocycles. The van der Waals surface area contributed by atoms with Crippen LogP contribution in [0.5, 0.6) is 0 Å². The van der Waals surface area contributed by atoms with Crippen LogP contribution in [0.3, 0.4) is 0 Å². The minimum Gasteiger partial charge on any atom is -0.351 e. The van der Waals surface area contributed by atoms with Crippen LogP contribution < -0.4 is 0 Å². The van der Waals surface area contributed by atoms with E-state index in [-0.39, 0.29) is 0 Å². The molecule has 2 aromatic carbocycles. The molecule has 3 aromatic rings. The van der Waals surface area contributed by atoms with Crippen molar-refractivity contribution in [3.8, 4) is 11.1 Å². The van der Waals surface area contributed by atoms with E-state index < -0.39 is 0 Å². The molecular weight excluding hydrogens is 222 g/mol. The summed E-state index contributed by atoms with van der Waals surface area (Å²) in [4.78, 5) is 10.6. The third-order valence-corrected chi connectivity index (χ3v) is 3.27. The van der Waals surface area contributed by atoms with Crippen molar-refractivity contribution < 1.29 is 4.79 Å². The minimum atomic E-state index is 0.707. The lowest BCUT2D eigenvalue weighted by atomic mass is 10.0. The summed E-state index contributed by atoms with van der Waals surface area (Å²) < 4.78 is 2.11. The van der Waals surface area contributed by atoms with Gasteiger partial charge in [0.15, 0.2) is 0 Å². The standard InChI is InChI=1S/C16H13NO/c1-17-9-8-14-6-7-15(10-16(14)17)13-4-2-12(11-18)3-5-13/h2-11H,1H3. The summed E-state index contributed by atoms with van der Waals surface area (Å²) in [7, 11) is 2.04. The molecule has 2 heteroatoms. The zero-order chi connectivity index (χ0) is 12.5. The SMILES string of the molecule is Cn1ccc2ccc(-c3ccc(C=O)cc3)cc21. The van der Waals surface area contributed by atoms with Gasteiger partial charge in [-0.15, -0.1) is 0 Å². The summed E-state index contributed by atoms with van der Waals surface area (Å²) in [5.41, 5.74) is 4.22. The first-order chi connectivity index (χ1) is 8.78. The van der Waals surface area contributed by atoms with E-state index in [9.17, 15) is 4.79 Å². The fraction of sp³-hybridized carbons (Fsp3) is 0.0625. The van der Waals surface area contributed by atoms with E-state index in [1.54, 1.807) is 0 Å². The second kappa shape index (κ2) is 4.15. The zero-order valence-electron chi connectivity index (χ0n) is 10.1. The quantitative estimate of drug-likeness (QED) is 0.621. The van der Waals surface area contributed by atoms with Crippen LogP contribution in [0, 0.1) is 0 Å². The van der Waals surface area contributed by atoms with Crippen molar-refractivity contribution in [2.24, 2.45) is 7.05 Å².